The molecule has 4 heterocycles. The Hall–Kier alpha value is -4.48. The van der Waals surface area contributed by atoms with E-state index in [1.807, 2.05) is 49.8 Å². The minimum atomic E-state index is -0.994. The van der Waals surface area contributed by atoms with E-state index in [1.54, 1.807) is 35.2 Å². The predicted octanol–water partition coefficient (Wildman–Crippen LogP) is 2.50. The molecule has 0 fully saturated rings. The molecule has 11 nitrogen and oxygen atoms in total. The van der Waals surface area contributed by atoms with Crippen LogP contribution in [0, 0.1) is 0 Å². The predicted molar refractivity (Wildman–Crippen MR) is 137 cm³/mol. The summed E-state index contributed by atoms with van der Waals surface area (Å²) in [6, 6.07) is 11.1. The Bertz CT molecular complexity index is 1500. The molecule has 1 unspecified atom stereocenters. The topological polar surface area (TPSA) is 151 Å². The number of anilines is 3. The van der Waals surface area contributed by atoms with Crippen molar-refractivity contribution in [1.82, 2.24) is 29.7 Å². The molecule has 36 heavy (non-hydrogen) atoms. The molecule has 0 saturated carbocycles. The number of H-pyrrole nitrogens is 1. The molecule has 0 spiro atoms. The van der Waals surface area contributed by atoms with Crippen LogP contribution < -0.4 is 15.4 Å². The van der Waals surface area contributed by atoms with Gasteiger partial charge in [0.15, 0.2) is 0 Å². The number of nitrogen functional groups attached to an aromatic ring is 1. The summed E-state index contributed by atoms with van der Waals surface area (Å²) in [5, 5.41) is 24.8. The fourth-order valence-corrected chi connectivity index (χ4v) is 4.03. The number of aromatic amines is 1. The van der Waals surface area contributed by atoms with Crippen LogP contribution >= 0.6 is 0 Å². The molecule has 5 rings (SSSR count). The highest BCUT2D eigenvalue weighted by Gasteiger charge is 2.19. The van der Waals surface area contributed by atoms with E-state index in [2.05, 4.69) is 25.0 Å². The van der Waals surface area contributed by atoms with Gasteiger partial charge in [-0.2, -0.15) is 10.1 Å². The first-order valence-electron chi connectivity index (χ1n) is 11.3. The first-order valence-corrected chi connectivity index (χ1v) is 11.3. The van der Waals surface area contributed by atoms with E-state index >= 15 is 0 Å². The van der Waals surface area contributed by atoms with Crippen LogP contribution in [0.1, 0.15) is 0 Å². The summed E-state index contributed by atoms with van der Waals surface area (Å²) in [5.74, 6) is 1.24. The molecule has 1 aromatic carbocycles. The third-order valence-electron chi connectivity index (χ3n) is 5.84. The number of pyridine rings is 1. The number of rotatable bonds is 8. The van der Waals surface area contributed by atoms with E-state index in [1.165, 1.54) is 0 Å². The first kappa shape index (κ1) is 23.3. The lowest BCUT2D eigenvalue weighted by molar-refractivity contribution is 0.102. The number of ether oxygens (including phenoxy) is 1. The molecule has 0 aliphatic rings. The highest BCUT2D eigenvalue weighted by Crippen LogP contribution is 2.33. The Morgan fingerprint density at radius 1 is 1.14 bits per heavy atom. The number of fused-ring (bicyclic) bond motifs is 1. The highest BCUT2D eigenvalue weighted by atomic mass is 16.5. The van der Waals surface area contributed by atoms with Gasteiger partial charge in [0.2, 0.25) is 5.95 Å². The molecule has 1 atom stereocenters. The molecule has 5 aromatic rings. The number of benzene rings is 1. The monoisotopic (exact) mass is 486 g/mol. The van der Waals surface area contributed by atoms with Crippen molar-refractivity contribution < 1.29 is 14.9 Å². The molecule has 5 N–H and O–H groups in total. The molecule has 4 aromatic heterocycles. The zero-order valence-corrected chi connectivity index (χ0v) is 19.8. The van der Waals surface area contributed by atoms with E-state index in [-0.39, 0.29) is 12.5 Å². The van der Waals surface area contributed by atoms with E-state index in [9.17, 15) is 10.2 Å². The van der Waals surface area contributed by atoms with Crippen LogP contribution in [0.2, 0.25) is 0 Å². The largest absolute Gasteiger partial charge is 0.497 e. The van der Waals surface area contributed by atoms with Gasteiger partial charge in [-0.15, -0.1) is 0 Å². The molecule has 0 radical (unpaired) electrons. The number of nitrogens with one attached hydrogen (secondary N) is 1. The minimum Gasteiger partial charge on any atom is -0.497 e. The minimum absolute atomic E-state index is 0.0743. The van der Waals surface area contributed by atoms with Crippen LogP contribution in [-0.4, -0.2) is 66.3 Å². The van der Waals surface area contributed by atoms with Crippen molar-refractivity contribution >= 4 is 28.5 Å². The Morgan fingerprint density at radius 2 is 1.94 bits per heavy atom. The summed E-state index contributed by atoms with van der Waals surface area (Å²) < 4.78 is 7.00. The second-order valence-electron chi connectivity index (χ2n) is 8.34. The average molecular weight is 487 g/mol. The molecule has 184 valence electrons. The third-order valence-corrected chi connectivity index (χ3v) is 5.84. The summed E-state index contributed by atoms with van der Waals surface area (Å²) in [4.78, 5) is 18.4. The van der Waals surface area contributed by atoms with Crippen molar-refractivity contribution in [1.29, 1.82) is 0 Å². The summed E-state index contributed by atoms with van der Waals surface area (Å²) in [6.07, 6.45) is 6.34. The van der Waals surface area contributed by atoms with Gasteiger partial charge in [-0.25, -0.2) is 9.97 Å². The highest BCUT2D eigenvalue weighted by molar-refractivity contribution is 5.95. The molecule has 0 bridgehead atoms. The van der Waals surface area contributed by atoms with E-state index in [0.717, 1.165) is 27.8 Å². The number of hydrogen-bond donors (Lipinski definition) is 4. The molecular formula is C25H26N8O3. The number of hydrogen-bond acceptors (Lipinski definition) is 9. The Balaban J connectivity index is 1.59. The van der Waals surface area contributed by atoms with Gasteiger partial charge >= 0.3 is 0 Å². The molecular weight excluding hydrogens is 460 g/mol. The fraction of sp³-hybridized carbons (Fsp3) is 0.200. The quantitative estimate of drug-likeness (QED) is 0.259. The Labute approximate surface area is 206 Å². The van der Waals surface area contributed by atoms with Crippen molar-refractivity contribution in [3.63, 3.8) is 0 Å². The van der Waals surface area contributed by atoms with Crippen LogP contribution in [0.15, 0.2) is 61.2 Å². The standard InChI is InChI=1S/C25H26N8O3/c1-32-12-16(10-29-32)15-7-20-21(11-28-24(20)27-9-15)22-8-23(31-25(26)30-22)33(13-18(35)14-34)17-3-5-19(36-2)6-4-17/h3-12,18,34-35H,13-14H2,1-2H3,(H,27,28)(H2,26,30,31). The number of aromatic nitrogens is 6. The summed E-state index contributed by atoms with van der Waals surface area (Å²) in [7, 11) is 3.46. The lowest BCUT2D eigenvalue weighted by Crippen LogP contribution is -2.31. The summed E-state index contributed by atoms with van der Waals surface area (Å²) in [5.41, 5.74) is 10.9. The van der Waals surface area contributed by atoms with E-state index in [4.69, 9.17) is 10.5 Å². The second-order valence-corrected chi connectivity index (χ2v) is 8.34. The molecule has 0 aliphatic heterocycles. The van der Waals surface area contributed by atoms with Gasteiger partial charge in [-0.1, -0.05) is 0 Å². The first-order chi connectivity index (χ1) is 17.4. The lowest BCUT2D eigenvalue weighted by Gasteiger charge is -2.26. The molecule has 11 heteroatoms. The van der Waals surface area contributed by atoms with Crippen LogP contribution in [-0.2, 0) is 7.05 Å². The van der Waals surface area contributed by atoms with E-state index < -0.39 is 12.7 Å². The molecule has 0 amide bonds. The summed E-state index contributed by atoms with van der Waals surface area (Å²) >= 11 is 0. The number of methoxy groups -OCH3 is 1. The second kappa shape index (κ2) is 9.64. The van der Waals surface area contributed by atoms with Gasteiger partial charge in [0.1, 0.15) is 17.2 Å². The number of aliphatic hydroxyl groups is 2. The van der Waals surface area contributed by atoms with Crippen LogP contribution in [0.5, 0.6) is 5.75 Å². The van der Waals surface area contributed by atoms with Gasteiger partial charge in [0.05, 0.1) is 38.3 Å². The van der Waals surface area contributed by atoms with Crippen molar-refractivity contribution in [2.45, 2.75) is 6.10 Å². The van der Waals surface area contributed by atoms with Gasteiger partial charge < -0.3 is 30.6 Å². The van der Waals surface area contributed by atoms with Crippen LogP contribution in [0.4, 0.5) is 17.5 Å². The van der Waals surface area contributed by atoms with Crippen molar-refractivity contribution in [3.8, 4) is 28.1 Å². The zero-order valence-electron chi connectivity index (χ0n) is 19.8. The van der Waals surface area contributed by atoms with Crippen molar-refractivity contribution in [3.05, 3.63) is 61.2 Å². The van der Waals surface area contributed by atoms with Gasteiger partial charge in [-0.3, -0.25) is 4.68 Å². The third kappa shape index (κ3) is 4.57. The molecule has 0 saturated heterocycles. The fourth-order valence-electron chi connectivity index (χ4n) is 4.03. The lowest BCUT2D eigenvalue weighted by atomic mass is 10.1. The average Bonchev–Trinajstić information content (AvgIpc) is 3.52. The molecule has 0 aliphatic carbocycles. The normalized spacial score (nSPS) is 12.1. The summed E-state index contributed by atoms with van der Waals surface area (Å²) in [6.45, 7) is -0.301. The van der Waals surface area contributed by atoms with Crippen molar-refractivity contribution in [2.24, 2.45) is 7.05 Å². The Kier molecular flexibility index (Phi) is 6.23. The number of nitrogens with zero attached hydrogens (tertiary/aromatic N) is 6. The maximum absolute atomic E-state index is 10.2. The Morgan fingerprint density at radius 3 is 2.64 bits per heavy atom. The van der Waals surface area contributed by atoms with Gasteiger partial charge in [0, 0.05) is 59.5 Å². The SMILES string of the molecule is COc1ccc(N(CC(O)CO)c2cc(-c3c[nH]c4ncc(-c5cnn(C)c5)cc34)nc(N)n2)cc1. The van der Waals surface area contributed by atoms with Crippen LogP contribution in [0.25, 0.3) is 33.4 Å². The number of nitrogens with two attached hydrogens (primary N) is 1. The van der Waals surface area contributed by atoms with Gasteiger partial charge in [0.25, 0.3) is 0 Å². The van der Waals surface area contributed by atoms with Gasteiger partial charge in [-0.05, 0) is 30.3 Å². The van der Waals surface area contributed by atoms with E-state index in [0.29, 0.717) is 22.9 Å². The number of aryl methyl sites for hydroxylation is 1. The number of aliphatic hydroxyl groups excluding tert-OH is 2. The maximum Gasteiger partial charge on any atom is 0.222 e. The smallest absolute Gasteiger partial charge is 0.222 e. The van der Waals surface area contributed by atoms with Crippen molar-refractivity contribution in [2.75, 3.05) is 30.9 Å². The van der Waals surface area contributed by atoms with Crippen LogP contribution in [0.3, 0.4) is 0 Å². The zero-order chi connectivity index (χ0) is 25.2. The maximum atomic E-state index is 10.2.